The first-order chi connectivity index (χ1) is 12.8. The van der Waals surface area contributed by atoms with Crippen LogP contribution in [0.25, 0.3) is 6.08 Å². The van der Waals surface area contributed by atoms with Gasteiger partial charge in [0.1, 0.15) is 18.8 Å². The van der Waals surface area contributed by atoms with E-state index in [1.54, 1.807) is 6.08 Å². The van der Waals surface area contributed by atoms with E-state index in [-0.39, 0.29) is 5.91 Å². The maximum absolute atomic E-state index is 12.4. The number of H-pyrrole nitrogens is 1. The number of carbonyl (C=O) groups is 1. The van der Waals surface area contributed by atoms with Crippen LogP contribution in [0.4, 0.5) is 5.82 Å². The number of rotatable bonds is 6. The van der Waals surface area contributed by atoms with Crippen molar-refractivity contribution in [2.45, 2.75) is 13.3 Å². The number of benzene rings is 1. The molecule has 0 aliphatic carbocycles. The summed E-state index contributed by atoms with van der Waals surface area (Å²) in [5, 5.41) is 0. The molecule has 136 valence electrons. The molecule has 1 saturated heterocycles. The van der Waals surface area contributed by atoms with Crippen LogP contribution in [0.5, 0.6) is 5.75 Å². The van der Waals surface area contributed by atoms with Gasteiger partial charge in [-0.1, -0.05) is 25.1 Å². The quantitative estimate of drug-likeness (QED) is 0.751. The fraction of sp³-hybridized carbons (Fsp3) is 0.333. The SMILES string of the molecule is CCCOc1ccc(/C=C/C(=O)N2CCN(c3cccc[nH+]3)CC2)cc1. The number of nitrogens with one attached hydrogen (secondary N) is 1. The highest BCUT2D eigenvalue weighted by molar-refractivity contribution is 5.92. The number of aromatic amines is 1. The summed E-state index contributed by atoms with van der Waals surface area (Å²) >= 11 is 0. The average molecular weight is 352 g/mol. The molecule has 1 aliphatic heterocycles. The molecule has 0 bridgehead atoms. The van der Waals surface area contributed by atoms with Crippen molar-refractivity contribution in [3.05, 3.63) is 60.3 Å². The number of ether oxygens (including phenoxy) is 1. The number of pyridine rings is 1. The van der Waals surface area contributed by atoms with Gasteiger partial charge in [0.25, 0.3) is 5.82 Å². The zero-order chi connectivity index (χ0) is 18.2. The smallest absolute Gasteiger partial charge is 0.274 e. The first-order valence-electron chi connectivity index (χ1n) is 9.18. The third-order valence-corrected chi connectivity index (χ3v) is 4.40. The molecule has 5 nitrogen and oxygen atoms in total. The van der Waals surface area contributed by atoms with Crippen molar-refractivity contribution in [1.82, 2.24) is 4.90 Å². The van der Waals surface area contributed by atoms with Gasteiger partial charge < -0.3 is 9.64 Å². The van der Waals surface area contributed by atoms with E-state index >= 15 is 0 Å². The van der Waals surface area contributed by atoms with E-state index in [1.807, 2.05) is 53.6 Å². The minimum absolute atomic E-state index is 0.0630. The normalized spacial score (nSPS) is 14.7. The van der Waals surface area contributed by atoms with Crippen LogP contribution >= 0.6 is 0 Å². The van der Waals surface area contributed by atoms with Gasteiger partial charge in [0, 0.05) is 12.1 Å². The predicted octanol–water partition coefficient (Wildman–Crippen LogP) is 2.65. The van der Waals surface area contributed by atoms with Gasteiger partial charge in [0.05, 0.1) is 25.9 Å². The predicted molar refractivity (Wildman–Crippen MR) is 103 cm³/mol. The molecule has 5 heteroatoms. The Labute approximate surface area is 154 Å². The summed E-state index contributed by atoms with van der Waals surface area (Å²) in [4.78, 5) is 19.8. The summed E-state index contributed by atoms with van der Waals surface area (Å²) in [5.41, 5.74) is 1.000. The molecule has 1 aromatic carbocycles. The summed E-state index contributed by atoms with van der Waals surface area (Å²) in [6, 6.07) is 13.9. The fourth-order valence-electron chi connectivity index (χ4n) is 2.92. The molecular weight excluding hydrogens is 326 g/mol. The number of nitrogens with zero attached hydrogens (tertiary/aromatic N) is 2. The van der Waals surface area contributed by atoms with Crippen LogP contribution in [0.3, 0.4) is 0 Å². The second-order valence-electron chi connectivity index (χ2n) is 6.31. The largest absolute Gasteiger partial charge is 0.494 e. The van der Waals surface area contributed by atoms with E-state index in [0.717, 1.165) is 56.3 Å². The molecule has 0 atom stereocenters. The van der Waals surface area contributed by atoms with Crippen LogP contribution < -0.4 is 14.6 Å². The van der Waals surface area contributed by atoms with Gasteiger partial charge in [-0.05, 0) is 36.3 Å². The fourth-order valence-corrected chi connectivity index (χ4v) is 2.92. The number of hydrogen-bond acceptors (Lipinski definition) is 3. The summed E-state index contributed by atoms with van der Waals surface area (Å²) < 4.78 is 5.57. The van der Waals surface area contributed by atoms with Crippen molar-refractivity contribution in [3.8, 4) is 5.75 Å². The molecule has 1 amide bonds. The monoisotopic (exact) mass is 352 g/mol. The van der Waals surface area contributed by atoms with Crippen LogP contribution in [0.15, 0.2) is 54.7 Å². The lowest BCUT2D eigenvalue weighted by atomic mass is 10.2. The summed E-state index contributed by atoms with van der Waals surface area (Å²) in [5.74, 6) is 2.03. The highest BCUT2D eigenvalue weighted by Crippen LogP contribution is 2.14. The van der Waals surface area contributed by atoms with Crippen LogP contribution in [-0.4, -0.2) is 43.6 Å². The Kier molecular flexibility index (Phi) is 6.25. The Hall–Kier alpha value is -2.82. The number of carbonyl (C=O) groups excluding carboxylic acids is 1. The van der Waals surface area contributed by atoms with E-state index < -0.39 is 0 Å². The molecule has 1 aromatic heterocycles. The summed E-state index contributed by atoms with van der Waals surface area (Å²) in [6.07, 6.45) is 6.44. The zero-order valence-corrected chi connectivity index (χ0v) is 15.2. The third kappa shape index (κ3) is 4.85. The van der Waals surface area contributed by atoms with E-state index in [2.05, 4.69) is 22.9 Å². The highest BCUT2D eigenvalue weighted by Gasteiger charge is 2.24. The maximum Gasteiger partial charge on any atom is 0.274 e. The highest BCUT2D eigenvalue weighted by atomic mass is 16.5. The van der Waals surface area contributed by atoms with Crippen molar-refractivity contribution in [2.75, 3.05) is 37.7 Å². The summed E-state index contributed by atoms with van der Waals surface area (Å²) in [7, 11) is 0. The first kappa shape index (κ1) is 18.0. The molecule has 1 N–H and O–H groups in total. The van der Waals surface area contributed by atoms with Gasteiger partial charge in [0.15, 0.2) is 0 Å². The van der Waals surface area contributed by atoms with Gasteiger partial charge in [-0.3, -0.25) is 9.69 Å². The number of amides is 1. The number of aromatic nitrogens is 1. The average Bonchev–Trinajstić information content (AvgIpc) is 2.72. The van der Waals surface area contributed by atoms with Gasteiger partial charge in [-0.15, -0.1) is 0 Å². The zero-order valence-electron chi connectivity index (χ0n) is 15.2. The topological polar surface area (TPSA) is 46.9 Å². The van der Waals surface area contributed by atoms with Crippen LogP contribution in [0, 0.1) is 0 Å². The van der Waals surface area contributed by atoms with Crippen LogP contribution in [0.1, 0.15) is 18.9 Å². The van der Waals surface area contributed by atoms with E-state index in [1.165, 1.54) is 0 Å². The molecular formula is C21H26N3O2+. The maximum atomic E-state index is 12.4. The Morgan fingerprint density at radius 2 is 1.88 bits per heavy atom. The van der Waals surface area contributed by atoms with Crippen molar-refractivity contribution < 1.29 is 14.5 Å². The number of anilines is 1. The Bertz CT molecular complexity index is 721. The van der Waals surface area contributed by atoms with E-state index in [0.29, 0.717) is 0 Å². The third-order valence-electron chi connectivity index (χ3n) is 4.40. The Morgan fingerprint density at radius 3 is 2.54 bits per heavy atom. The number of piperazine rings is 1. The van der Waals surface area contributed by atoms with Crippen LogP contribution in [-0.2, 0) is 4.79 Å². The van der Waals surface area contributed by atoms with E-state index in [4.69, 9.17) is 4.74 Å². The van der Waals surface area contributed by atoms with Gasteiger partial charge in [0.2, 0.25) is 5.91 Å². The van der Waals surface area contributed by atoms with E-state index in [9.17, 15) is 4.79 Å². The Balaban J connectivity index is 1.50. The van der Waals surface area contributed by atoms with Gasteiger partial charge >= 0.3 is 0 Å². The lowest BCUT2D eigenvalue weighted by Crippen LogP contribution is -2.49. The van der Waals surface area contributed by atoms with Crippen molar-refractivity contribution in [1.29, 1.82) is 0 Å². The molecule has 0 saturated carbocycles. The lowest BCUT2D eigenvalue weighted by Gasteiger charge is -2.30. The van der Waals surface area contributed by atoms with Crippen molar-refractivity contribution in [2.24, 2.45) is 0 Å². The molecule has 0 radical (unpaired) electrons. The second kappa shape index (κ2) is 9.04. The van der Waals surface area contributed by atoms with Crippen molar-refractivity contribution >= 4 is 17.8 Å². The number of hydrogen-bond donors (Lipinski definition) is 0. The first-order valence-corrected chi connectivity index (χ1v) is 9.18. The van der Waals surface area contributed by atoms with Crippen LogP contribution in [0.2, 0.25) is 0 Å². The minimum atomic E-state index is 0.0630. The Morgan fingerprint density at radius 1 is 1.12 bits per heavy atom. The van der Waals surface area contributed by atoms with Crippen molar-refractivity contribution in [3.63, 3.8) is 0 Å². The molecule has 0 unspecified atom stereocenters. The lowest BCUT2D eigenvalue weighted by molar-refractivity contribution is -0.364. The van der Waals surface area contributed by atoms with Gasteiger partial charge in [-0.25, -0.2) is 4.98 Å². The second-order valence-corrected chi connectivity index (χ2v) is 6.31. The standard InChI is InChI=1S/C21H25N3O2/c1-2-17-26-19-9-6-18(7-10-19)8-11-21(25)24-15-13-23(14-16-24)20-5-3-4-12-22-20/h3-12H,2,13-17H2,1H3/p+1/b11-8+. The molecule has 26 heavy (non-hydrogen) atoms. The molecule has 1 fully saturated rings. The minimum Gasteiger partial charge on any atom is -0.494 e. The van der Waals surface area contributed by atoms with Gasteiger partial charge in [-0.2, -0.15) is 0 Å². The molecule has 3 rings (SSSR count). The molecule has 2 aromatic rings. The summed E-state index contributed by atoms with van der Waals surface area (Å²) in [6.45, 7) is 5.94. The molecule has 0 spiro atoms. The molecule has 1 aliphatic rings. The molecule has 2 heterocycles.